The van der Waals surface area contributed by atoms with Crippen LogP contribution in [0, 0.1) is 10.1 Å². The number of nitro benzene ring substituents is 1. The molecular formula is C11H11BrN2O4. The van der Waals surface area contributed by atoms with Crippen LogP contribution in [0.5, 0.6) is 0 Å². The second-order valence-electron chi connectivity index (χ2n) is 3.82. The van der Waals surface area contributed by atoms with Gasteiger partial charge >= 0.3 is 5.76 Å². The molecule has 0 atom stereocenters. The van der Waals surface area contributed by atoms with Crippen molar-refractivity contribution in [3.05, 3.63) is 38.9 Å². The molecule has 0 N–H and O–H groups in total. The summed E-state index contributed by atoms with van der Waals surface area (Å²) in [6.45, 7) is 0.499. The smallest absolute Gasteiger partial charge is 0.408 e. The van der Waals surface area contributed by atoms with E-state index in [0.29, 0.717) is 17.6 Å². The summed E-state index contributed by atoms with van der Waals surface area (Å²) in [6, 6.07) is 4.15. The van der Waals surface area contributed by atoms with E-state index in [4.69, 9.17) is 4.42 Å². The number of rotatable bonds is 5. The van der Waals surface area contributed by atoms with Gasteiger partial charge in [-0.25, -0.2) is 4.79 Å². The Bertz CT molecular complexity index is 631. The average Bonchev–Trinajstić information content (AvgIpc) is 2.65. The molecule has 0 unspecified atom stereocenters. The molecule has 0 spiro atoms. The van der Waals surface area contributed by atoms with Gasteiger partial charge in [-0.15, -0.1) is 0 Å². The zero-order valence-electron chi connectivity index (χ0n) is 9.47. The van der Waals surface area contributed by atoms with E-state index in [1.54, 1.807) is 0 Å². The first kappa shape index (κ1) is 12.8. The quantitative estimate of drug-likeness (QED) is 0.368. The first-order valence-electron chi connectivity index (χ1n) is 5.47. The van der Waals surface area contributed by atoms with Crippen LogP contribution < -0.4 is 5.76 Å². The van der Waals surface area contributed by atoms with Crippen molar-refractivity contribution in [2.75, 3.05) is 5.33 Å². The molecule has 0 bridgehead atoms. The van der Waals surface area contributed by atoms with Crippen molar-refractivity contribution in [1.82, 2.24) is 4.57 Å². The number of unbranched alkanes of at least 4 members (excludes halogenated alkanes) is 1. The Kier molecular flexibility index (Phi) is 3.81. The molecule has 0 saturated carbocycles. The average molecular weight is 315 g/mol. The van der Waals surface area contributed by atoms with E-state index in [9.17, 15) is 14.9 Å². The molecule has 0 radical (unpaired) electrons. The van der Waals surface area contributed by atoms with Crippen LogP contribution in [0.25, 0.3) is 11.1 Å². The molecule has 18 heavy (non-hydrogen) atoms. The predicted octanol–water partition coefficient (Wildman–Crippen LogP) is 2.68. The number of halogens is 1. The van der Waals surface area contributed by atoms with Crippen LogP contribution >= 0.6 is 15.9 Å². The lowest BCUT2D eigenvalue weighted by Crippen LogP contribution is -2.14. The lowest BCUT2D eigenvalue weighted by Gasteiger charge is -2.00. The fourth-order valence-electron chi connectivity index (χ4n) is 1.74. The Morgan fingerprint density at radius 1 is 1.39 bits per heavy atom. The van der Waals surface area contributed by atoms with Crippen molar-refractivity contribution in [2.45, 2.75) is 19.4 Å². The maximum absolute atomic E-state index is 11.6. The molecule has 1 aromatic carbocycles. The molecule has 1 aromatic heterocycles. The van der Waals surface area contributed by atoms with Crippen molar-refractivity contribution in [3.63, 3.8) is 0 Å². The Hall–Kier alpha value is -1.63. The summed E-state index contributed by atoms with van der Waals surface area (Å²) in [4.78, 5) is 21.8. The Morgan fingerprint density at radius 3 is 2.83 bits per heavy atom. The molecule has 0 aliphatic carbocycles. The van der Waals surface area contributed by atoms with Gasteiger partial charge in [-0.3, -0.25) is 14.7 Å². The van der Waals surface area contributed by atoms with Gasteiger partial charge < -0.3 is 4.42 Å². The zero-order chi connectivity index (χ0) is 13.1. The van der Waals surface area contributed by atoms with E-state index in [0.717, 1.165) is 18.2 Å². The van der Waals surface area contributed by atoms with Gasteiger partial charge in [0, 0.05) is 24.0 Å². The number of aromatic nitrogens is 1. The van der Waals surface area contributed by atoms with Crippen LogP contribution in [0.4, 0.5) is 5.69 Å². The first-order chi connectivity index (χ1) is 8.63. The number of alkyl halides is 1. The van der Waals surface area contributed by atoms with E-state index in [-0.39, 0.29) is 5.69 Å². The Balaban J connectivity index is 2.43. The third-order valence-electron chi connectivity index (χ3n) is 2.63. The van der Waals surface area contributed by atoms with Crippen molar-refractivity contribution < 1.29 is 9.34 Å². The summed E-state index contributed by atoms with van der Waals surface area (Å²) >= 11 is 3.31. The maximum atomic E-state index is 11.6. The molecule has 2 rings (SSSR count). The van der Waals surface area contributed by atoms with Gasteiger partial charge in [-0.1, -0.05) is 15.9 Å². The number of oxazole rings is 1. The molecule has 1 heterocycles. The number of nitro groups is 1. The number of aryl methyl sites for hydroxylation is 1. The number of nitrogens with zero attached hydrogens (tertiary/aromatic N) is 2. The summed E-state index contributed by atoms with van der Waals surface area (Å²) in [6.07, 6.45) is 1.73. The van der Waals surface area contributed by atoms with Crippen LogP contribution in [0.3, 0.4) is 0 Å². The molecule has 0 fully saturated rings. The van der Waals surface area contributed by atoms with E-state index in [2.05, 4.69) is 15.9 Å². The number of non-ortho nitro benzene ring substituents is 1. The minimum atomic E-state index is -0.486. The highest BCUT2D eigenvalue weighted by molar-refractivity contribution is 9.09. The molecular weight excluding hydrogens is 304 g/mol. The lowest BCUT2D eigenvalue weighted by molar-refractivity contribution is -0.384. The third kappa shape index (κ3) is 2.45. The van der Waals surface area contributed by atoms with Crippen molar-refractivity contribution in [3.8, 4) is 0 Å². The van der Waals surface area contributed by atoms with Crippen LogP contribution in [0.1, 0.15) is 12.8 Å². The summed E-state index contributed by atoms with van der Waals surface area (Å²) in [5.41, 5.74) is 0.811. The second-order valence-corrected chi connectivity index (χ2v) is 4.62. The molecule has 2 aromatic rings. The van der Waals surface area contributed by atoms with Crippen molar-refractivity contribution in [2.24, 2.45) is 0 Å². The van der Waals surface area contributed by atoms with Gasteiger partial charge in [0.05, 0.1) is 10.4 Å². The largest absolute Gasteiger partial charge is 0.419 e. The van der Waals surface area contributed by atoms with Crippen LogP contribution in [0.2, 0.25) is 0 Å². The normalized spacial score (nSPS) is 10.9. The molecule has 0 aliphatic rings. The van der Waals surface area contributed by atoms with Gasteiger partial charge in [-0.2, -0.15) is 0 Å². The van der Waals surface area contributed by atoms with E-state index in [1.165, 1.54) is 22.8 Å². The molecule has 0 saturated heterocycles. The van der Waals surface area contributed by atoms with Gasteiger partial charge in [-0.05, 0) is 18.9 Å². The topological polar surface area (TPSA) is 78.3 Å². The summed E-state index contributed by atoms with van der Waals surface area (Å²) in [5.74, 6) is -0.472. The van der Waals surface area contributed by atoms with Gasteiger partial charge in [0.25, 0.3) is 5.69 Å². The maximum Gasteiger partial charge on any atom is 0.419 e. The number of hydrogen-bond donors (Lipinski definition) is 0. The third-order valence-corrected chi connectivity index (χ3v) is 3.19. The van der Waals surface area contributed by atoms with E-state index in [1.807, 2.05) is 0 Å². The molecule has 7 heteroatoms. The van der Waals surface area contributed by atoms with Crippen LogP contribution in [-0.2, 0) is 6.54 Å². The van der Waals surface area contributed by atoms with Crippen LogP contribution in [-0.4, -0.2) is 14.8 Å². The molecule has 0 aliphatic heterocycles. The summed E-state index contributed by atoms with van der Waals surface area (Å²) in [5, 5.41) is 11.6. The monoisotopic (exact) mass is 314 g/mol. The Labute approximate surface area is 110 Å². The number of fused-ring (bicyclic) bond motifs is 1. The molecule has 6 nitrogen and oxygen atoms in total. The standard InChI is InChI=1S/C11H11BrN2O4/c12-5-1-2-6-13-9-7-8(14(16)17)3-4-10(9)18-11(13)15/h3-4,7H,1-2,5-6H2. The van der Waals surface area contributed by atoms with E-state index >= 15 is 0 Å². The molecule has 96 valence electrons. The second kappa shape index (κ2) is 5.34. The molecule has 0 amide bonds. The summed E-state index contributed by atoms with van der Waals surface area (Å²) in [7, 11) is 0. The minimum absolute atomic E-state index is 0.0439. The van der Waals surface area contributed by atoms with Crippen molar-refractivity contribution >= 4 is 32.7 Å². The zero-order valence-corrected chi connectivity index (χ0v) is 11.1. The van der Waals surface area contributed by atoms with Crippen LogP contribution in [0.15, 0.2) is 27.4 Å². The van der Waals surface area contributed by atoms with Gasteiger partial charge in [0.1, 0.15) is 0 Å². The first-order valence-corrected chi connectivity index (χ1v) is 6.59. The number of benzene rings is 1. The Morgan fingerprint density at radius 2 is 2.17 bits per heavy atom. The highest BCUT2D eigenvalue weighted by Gasteiger charge is 2.13. The number of hydrogen-bond acceptors (Lipinski definition) is 4. The fourth-order valence-corrected chi connectivity index (χ4v) is 2.14. The van der Waals surface area contributed by atoms with Gasteiger partial charge in [0.2, 0.25) is 0 Å². The van der Waals surface area contributed by atoms with E-state index < -0.39 is 10.7 Å². The minimum Gasteiger partial charge on any atom is -0.408 e. The lowest BCUT2D eigenvalue weighted by atomic mass is 10.2. The van der Waals surface area contributed by atoms with Crippen molar-refractivity contribution in [1.29, 1.82) is 0 Å². The SMILES string of the molecule is O=c1oc2ccc([N+](=O)[O-])cc2n1CCCCBr. The summed E-state index contributed by atoms with van der Waals surface area (Å²) < 4.78 is 6.47. The highest BCUT2D eigenvalue weighted by Crippen LogP contribution is 2.20. The fraction of sp³-hybridized carbons (Fsp3) is 0.364. The predicted molar refractivity (Wildman–Crippen MR) is 70.2 cm³/mol. The highest BCUT2D eigenvalue weighted by atomic mass is 79.9. The van der Waals surface area contributed by atoms with Gasteiger partial charge in [0.15, 0.2) is 5.58 Å².